The number of nitrogens with zero attached hydrogens (tertiary/aromatic N) is 2. The maximum Gasteiger partial charge on any atom is 0.354 e. The Hall–Kier alpha value is -2.11. The second kappa shape index (κ2) is 3.97. The molecule has 96 valence electrons. The molecule has 0 radical (unpaired) electrons. The Kier molecular flexibility index (Phi) is 2.73. The summed E-state index contributed by atoms with van der Waals surface area (Å²) in [5.74, 6) is -0.427. The van der Waals surface area contributed by atoms with Crippen LogP contribution in [0.3, 0.4) is 0 Å². The number of aromatic nitrogens is 3. The number of carbonyl (C=O) groups is 1. The van der Waals surface area contributed by atoms with Gasteiger partial charge in [-0.1, -0.05) is 25.9 Å². The van der Waals surface area contributed by atoms with Gasteiger partial charge in [-0.3, -0.25) is 0 Å². The smallest absolute Gasteiger partial charge is 0.354 e. The Balaban J connectivity index is 2.63. The highest BCUT2D eigenvalue weighted by atomic mass is 16.5. The molecule has 2 rings (SSSR count). The van der Waals surface area contributed by atoms with E-state index in [1.54, 1.807) is 6.92 Å². The van der Waals surface area contributed by atoms with E-state index in [9.17, 15) is 9.90 Å². The van der Waals surface area contributed by atoms with Crippen molar-refractivity contribution in [3.63, 3.8) is 0 Å². The molecule has 0 aliphatic rings. The summed E-state index contributed by atoms with van der Waals surface area (Å²) in [6, 6.07) is 0. The van der Waals surface area contributed by atoms with Gasteiger partial charge in [0.2, 0.25) is 0 Å². The van der Waals surface area contributed by atoms with Crippen molar-refractivity contribution >= 4 is 5.97 Å². The zero-order valence-electron chi connectivity index (χ0n) is 10.7. The van der Waals surface area contributed by atoms with E-state index in [0.29, 0.717) is 22.8 Å². The van der Waals surface area contributed by atoms with Crippen LogP contribution in [0.4, 0.5) is 0 Å². The van der Waals surface area contributed by atoms with E-state index in [2.05, 4.69) is 15.1 Å². The van der Waals surface area contributed by atoms with Crippen LogP contribution in [-0.2, 0) is 5.41 Å². The van der Waals surface area contributed by atoms with Gasteiger partial charge in [0.05, 0.1) is 11.3 Å². The minimum atomic E-state index is -1.05. The van der Waals surface area contributed by atoms with Gasteiger partial charge in [0.1, 0.15) is 17.8 Å². The third-order valence-corrected chi connectivity index (χ3v) is 2.63. The topological polar surface area (TPSA) is 92.0 Å². The summed E-state index contributed by atoms with van der Waals surface area (Å²) in [5.41, 5.74) is 1.38. The number of aromatic amines is 1. The van der Waals surface area contributed by atoms with Crippen LogP contribution >= 0.6 is 0 Å². The normalized spacial score (nSPS) is 11.8. The number of carboxylic acid groups (broad SMARTS) is 1. The highest BCUT2D eigenvalue weighted by molar-refractivity contribution is 5.93. The molecule has 0 aliphatic heterocycles. The minimum Gasteiger partial charge on any atom is -0.477 e. The molecule has 0 fully saturated rings. The van der Waals surface area contributed by atoms with Crippen molar-refractivity contribution in [1.82, 2.24) is 15.1 Å². The van der Waals surface area contributed by atoms with Gasteiger partial charge in [0.15, 0.2) is 5.69 Å². The minimum absolute atomic E-state index is 0.0613. The molecule has 0 saturated heterocycles. The fourth-order valence-electron chi connectivity index (χ4n) is 1.60. The van der Waals surface area contributed by atoms with E-state index < -0.39 is 5.97 Å². The molecular formula is C12H15N3O3. The maximum absolute atomic E-state index is 11.2. The van der Waals surface area contributed by atoms with E-state index in [1.165, 1.54) is 6.26 Å². The molecule has 18 heavy (non-hydrogen) atoms. The Labute approximate surface area is 104 Å². The summed E-state index contributed by atoms with van der Waals surface area (Å²) in [6.07, 6.45) is 1.41. The van der Waals surface area contributed by atoms with E-state index in [4.69, 9.17) is 4.52 Å². The largest absolute Gasteiger partial charge is 0.477 e. The molecule has 6 heteroatoms. The average molecular weight is 249 g/mol. The predicted molar refractivity (Wildman–Crippen MR) is 64.5 cm³/mol. The van der Waals surface area contributed by atoms with Crippen LogP contribution in [0.5, 0.6) is 0 Å². The van der Waals surface area contributed by atoms with E-state index >= 15 is 0 Å². The third-order valence-electron chi connectivity index (χ3n) is 2.63. The Morgan fingerprint density at radius 2 is 2.11 bits per heavy atom. The standard InChI is InChI=1S/C12H15N3O3/c1-6-7(5-18-15-6)8-9(10(16)17)14-11(13-8)12(2,3)4/h5H,1-4H3,(H,13,14)(H,16,17). The van der Waals surface area contributed by atoms with Gasteiger partial charge < -0.3 is 14.6 Å². The molecule has 0 aliphatic carbocycles. The number of aromatic carboxylic acids is 1. The summed E-state index contributed by atoms with van der Waals surface area (Å²) in [4.78, 5) is 18.5. The van der Waals surface area contributed by atoms with Gasteiger partial charge in [0.25, 0.3) is 0 Å². The number of hydrogen-bond donors (Lipinski definition) is 2. The second-order valence-electron chi connectivity index (χ2n) is 5.18. The molecule has 2 heterocycles. The second-order valence-corrected chi connectivity index (χ2v) is 5.18. The number of carboxylic acids is 1. The highest BCUT2D eigenvalue weighted by Crippen LogP contribution is 2.28. The van der Waals surface area contributed by atoms with E-state index in [1.807, 2.05) is 20.8 Å². The number of rotatable bonds is 2. The van der Waals surface area contributed by atoms with Crippen LogP contribution in [0.1, 0.15) is 42.8 Å². The first-order valence-electron chi connectivity index (χ1n) is 5.56. The van der Waals surface area contributed by atoms with Gasteiger partial charge in [-0.2, -0.15) is 0 Å². The monoisotopic (exact) mass is 249 g/mol. The first-order valence-corrected chi connectivity index (χ1v) is 5.56. The zero-order valence-corrected chi connectivity index (χ0v) is 10.7. The van der Waals surface area contributed by atoms with Crippen LogP contribution in [0.15, 0.2) is 10.8 Å². The first kappa shape index (κ1) is 12.3. The van der Waals surface area contributed by atoms with Crippen LogP contribution in [-0.4, -0.2) is 26.2 Å². The van der Waals surface area contributed by atoms with Crippen LogP contribution in [0.2, 0.25) is 0 Å². The number of imidazole rings is 1. The molecule has 0 aromatic carbocycles. The molecular weight excluding hydrogens is 234 g/mol. The molecule has 0 amide bonds. The molecule has 0 unspecified atom stereocenters. The lowest BCUT2D eigenvalue weighted by Gasteiger charge is -2.13. The Morgan fingerprint density at radius 3 is 2.56 bits per heavy atom. The van der Waals surface area contributed by atoms with Crippen LogP contribution in [0, 0.1) is 6.92 Å². The summed E-state index contributed by atoms with van der Waals surface area (Å²) in [5, 5.41) is 13.0. The molecule has 0 bridgehead atoms. The first-order chi connectivity index (χ1) is 8.30. The lowest BCUT2D eigenvalue weighted by Crippen LogP contribution is -2.13. The maximum atomic E-state index is 11.2. The third kappa shape index (κ3) is 2.01. The van der Waals surface area contributed by atoms with Gasteiger partial charge in [-0.25, -0.2) is 9.78 Å². The zero-order chi connectivity index (χ0) is 13.5. The van der Waals surface area contributed by atoms with Crippen molar-refractivity contribution in [2.75, 3.05) is 0 Å². The molecule has 0 spiro atoms. The van der Waals surface area contributed by atoms with E-state index in [0.717, 1.165) is 0 Å². The lowest BCUT2D eigenvalue weighted by molar-refractivity contribution is 0.0692. The highest BCUT2D eigenvalue weighted by Gasteiger charge is 2.26. The Morgan fingerprint density at radius 1 is 1.44 bits per heavy atom. The fraction of sp³-hybridized carbons (Fsp3) is 0.417. The van der Waals surface area contributed by atoms with Gasteiger partial charge >= 0.3 is 5.97 Å². The van der Waals surface area contributed by atoms with Crippen LogP contribution < -0.4 is 0 Å². The van der Waals surface area contributed by atoms with Gasteiger partial charge in [0, 0.05) is 5.41 Å². The fourth-order valence-corrected chi connectivity index (χ4v) is 1.60. The number of aryl methyl sites for hydroxylation is 1. The summed E-state index contributed by atoms with van der Waals surface area (Å²) < 4.78 is 4.83. The molecule has 6 nitrogen and oxygen atoms in total. The molecule has 2 N–H and O–H groups in total. The van der Waals surface area contributed by atoms with Crippen molar-refractivity contribution in [3.8, 4) is 11.3 Å². The van der Waals surface area contributed by atoms with Crippen molar-refractivity contribution in [3.05, 3.63) is 23.5 Å². The van der Waals surface area contributed by atoms with Crippen molar-refractivity contribution in [2.24, 2.45) is 0 Å². The number of nitrogens with one attached hydrogen (secondary N) is 1. The molecule has 0 atom stereocenters. The number of H-pyrrole nitrogens is 1. The number of hydrogen-bond acceptors (Lipinski definition) is 4. The van der Waals surface area contributed by atoms with Gasteiger partial charge in [-0.05, 0) is 6.92 Å². The molecule has 0 saturated carbocycles. The molecule has 2 aromatic heterocycles. The summed E-state index contributed by atoms with van der Waals surface area (Å²) >= 11 is 0. The van der Waals surface area contributed by atoms with Crippen molar-refractivity contribution in [2.45, 2.75) is 33.1 Å². The quantitative estimate of drug-likeness (QED) is 0.852. The van der Waals surface area contributed by atoms with Gasteiger partial charge in [-0.15, -0.1) is 0 Å². The average Bonchev–Trinajstić information content (AvgIpc) is 2.81. The lowest BCUT2D eigenvalue weighted by atomic mass is 9.96. The predicted octanol–water partition coefficient (Wildman–Crippen LogP) is 2.37. The van der Waals surface area contributed by atoms with E-state index in [-0.39, 0.29) is 11.1 Å². The summed E-state index contributed by atoms with van der Waals surface area (Å²) in [6.45, 7) is 7.63. The van der Waals surface area contributed by atoms with Crippen LogP contribution in [0.25, 0.3) is 11.3 Å². The molecule has 2 aromatic rings. The Bertz CT molecular complexity index is 590. The van der Waals surface area contributed by atoms with Crippen molar-refractivity contribution < 1.29 is 14.4 Å². The summed E-state index contributed by atoms with van der Waals surface area (Å²) in [7, 11) is 0. The SMILES string of the molecule is Cc1nocc1-c1nc(C(C)(C)C)[nH]c1C(=O)O. The van der Waals surface area contributed by atoms with Crippen molar-refractivity contribution in [1.29, 1.82) is 0 Å².